The van der Waals surface area contributed by atoms with E-state index in [2.05, 4.69) is 0 Å². The summed E-state index contributed by atoms with van der Waals surface area (Å²) in [7, 11) is 0. The Bertz CT molecular complexity index is 535. The van der Waals surface area contributed by atoms with Crippen LogP contribution in [0.15, 0.2) is 36.4 Å². The molecule has 82 valence electrons. The minimum absolute atomic E-state index is 0.541. The van der Waals surface area contributed by atoms with Crippen LogP contribution in [0, 0.1) is 6.92 Å². The van der Waals surface area contributed by atoms with Gasteiger partial charge in [-0.3, -0.25) is 0 Å². The molecule has 2 aromatic carbocycles. The molecule has 0 amide bonds. The van der Waals surface area contributed by atoms with Crippen molar-refractivity contribution in [3.63, 3.8) is 0 Å². The van der Waals surface area contributed by atoms with Gasteiger partial charge < -0.3 is 5.73 Å². The maximum Gasteiger partial charge on any atom is 0.0671 e. The quantitative estimate of drug-likeness (QED) is 0.740. The van der Waals surface area contributed by atoms with Crippen LogP contribution >= 0.6 is 23.2 Å². The second-order valence-electron chi connectivity index (χ2n) is 3.69. The molecule has 1 nitrogen and oxygen atoms in total. The Morgan fingerprint density at radius 1 is 1.00 bits per heavy atom. The van der Waals surface area contributed by atoms with Crippen LogP contribution < -0.4 is 5.73 Å². The zero-order valence-corrected chi connectivity index (χ0v) is 10.3. The van der Waals surface area contributed by atoms with E-state index in [1.165, 1.54) is 0 Å². The lowest BCUT2D eigenvalue weighted by atomic mass is 10.0. The highest BCUT2D eigenvalue weighted by Gasteiger charge is 2.09. The number of hydrogen-bond acceptors (Lipinski definition) is 1. The zero-order valence-electron chi connectivity index (χ0n) is 8.80. The van der Waals surface area contributed by atoms with E-state index in [1.807, 2.05) is 37.3 Å². The van der Waals surface area contributed by atoms with E-state index in [9.17, 15) is 0 Å². The van der Waals surface area contributed by atoms with Crippen molar-refractivity contribution in [2.24, 2.45) is 0 Å². The van der Waals surface area contributed by atoms with Crippen LogP contribution in [0.1, 0.15) is 5.56 Å². The molecular weight excluding hydrogens is 241 g/mol. The molecule has 2 aromatic rings. The minimum atomic E-state index is 0.541. The second kappa shape index (κ2) is 4.36. The van der Waals surface area contributed by atoms with Crippen LogP contribution in [0.5, 0.6) is 0 Å². The number of halogens is 2. The van der Waals surface area contributed by atoms with Gasteiger partial charge in [-0.05, 0) is 24.6 Å². The molecule has 0 aliphatic heterocycles. The number of anilines is 1. The first-order chi connectivity index (χ1) is 7.59. The van der Waals surface area contributed by atoms with Crippen molar-refractivity contribution in [2.45, 2.75) is 6.92 Å². The molecule has 0 atom stereocenters. The largest absolute Gasteiger partial charge is 0.398 e. The average Bonchev–Trinajstić information content (AvgIpc) is 2.23. The topological polar surface area (TPSA) is 26.0 Å². The molecule has 0 bridgehead atoms. The maximum absolute atomic E-state index is 6.15. The van der Waals surface area contributed by atoms with Gasteiger partial charge in [-0.15, -0.1) is 0 Å². The SMILES string of the molecule is Cc1ccc(-c2cccc(Cl)c2Cl)c(N)c1. The van der Waals surface area contributed by atoms with Crippen molar-refractivity contribution >= 4 is 28.9 Å². The van der Waals surface area contributed by atoms with Gasteiger partial charge >= 0.3 is 0 Å². The van der Waals surface area contributed by atoms with Gasteiger partial charge in [0.05, 0.1) is 10.0 Å². The molecule has 0 spiro atoms. The summed E-state index contributed by atoms with van der Waals surface area (Å²) in [6.07, 6.45) is 0. The molecule has 0 aromatic heterocycles. The highest BCUT2D eigenvalue weighted by molar-refractivity contribution is 6.43. The van der Waals surface area contributed by atoms with Gasteiger partial charge in [0.25, 0.3) is 0 Å². The Balaban J connectivity index is 2.63. The first kappa shape index (κ1) is 11.3. The summed E-state index contributed by atoms with van der Waals surface area (Å²) in [4.78, 5) is 0. The van der Waals surface area contributed by atoms with Crippen molar-refractivity contribution in [2.75, 3.05) is 5.73 Å². The molecule has 0 saturated carbocycles. The smallest absolute Gasteiger partial charge is 0.0671 e. The monoisotopic (exact) mass is 251 g/mol. The summed E-state index contributed by atoms with van der Waals surface area (Å²) in [6, 6.07) is 11.4. The van der Waals surface area contributed by atoms with E-state index in [0.29, 0.717) is 15.7 Å². The molecule has 3 heteroatoms. The molecule has 2 rings (SSSR count). The van der Waals surface area contributed by atoms with Crippen molar-refractivity contribution in [1.82, 2.24) is 0 Å². The molecule has 0 aliphatic rings. The van der Waals surface area contributed by atoms with Crippen LogP contribution in [-0.4, -0.2) is 0 Å². The second-order valence-corrected chi connectivity index (χ2v) is 4.48. The summed E-state index contributed by atoms with van der Waals surface area (Å²) in [5, 5.41) is 1.08. The van der Waals surface area contributed by atoms with E-state index < -0.39 is 0 Å². The standard InChI is InChI=1S/C13H11Cl2N/c1-8-5-6-9(12(16)7-8)10-3-2-4-11(14)13(10)15/h2-7H,16H2,1H3. The molecule has 0 unspecified atom stereocenters. The van der Waals surface area contributed by atoms with Crippen LogP contribution in [0.2, 0.25) is 10.0 Å². The third-order valence-corrected chi connectivity index (χ3v) is 3.27. The minimum Gasteiger partial charge on any atom is -0.398 e. The van der Waals surface area contributed by atoms with Gasteiger partial charge in [-0.2, -0.15) is 0 Å². The predicted molar refractivity (Wildman–Crippen MR) is 71.0 cm³/mol. The van der Waals surface area contributed by atoms with Crippen molar-refractivity contribution < 1.29 is 0 Å². The van der Waals surface area contributed by atoms with Crippen LogP contribution in [0.3, 0.4) is 0 Å². The highest BCUT2D eigenvalue weighted by atomic mass is 35.5. The van der Waals surface area contributed by atoms with E-state index in [4.69, 9.17) is 28.9 Å². The van der Waals surface area contributed by atoms with Crippen molar-refractivity contribution in [3.8, 4) is 11.1 Å². The Morgan fingerprint density at radius 3 is 2.44 bits per heavy atom. The molecule has 0 heterocycles. The lowest BCUT2D eigenvalue weighted by Gasteiger charge is -2.09. The molecule has 0 fully saturated rings. The summed E-state index contributed by atoms with van der Waals surface area (Å²) in [5.41, 5.74) is 9.59. The van der Waals surface area contributed by atoms with Crippen LogP contribution in [0.25, 0.3) is 11.1 Å². The molecule has 0 saturated heterocycles. The van der Waals surface area contributed by atoms with Crippen LogP contribution in [-0.2, 0) is 0 Å². The fraction of sp³-hybridized carbons (Fsp3) is 0.0769. The van der Waals surface area contributed by atoms with Gasteiger partial charge in [-0.1, -0.05) is 47.5 Å². The zero-order chi connectivity index (χ0) is 11.7. The average molecular weight is 252 g/mol. The Kier molecular flexibility index (Phi) is 3.08. The van der Waals surface area contributed by atoms with Crippen LogP contribution in [0.4, 0.5) is 5.69 Å². The number of benzene rings is 2. The molecule has 16 heavy (non-hydrogen) atoms. The van der Waals surface area contributed by atoms with E-state index in [1.54, 1.807) is 6.07 Å². The fourth-order valence-corrected chi connectivity index (χ4v) is 2.04. The Hall–Kier alpha value is -1.18. The fourth-order valence-electron chi connectivity index (χ4n) is 1.64. The number of aryl methyl sites for hydroxylation is 1. The van der Waals surface area contributed by atoms with Gasteiger partial charge in [0, 0.05) is 16.8 Å². The maximum atomic E-state index is 6.15. The van der Waals surface area contributed by atoms with Gasteiger partial charge in [0.2, 0.25) is 0 Å². The van der Waals surface area contributed by atoms with Gasteiger partial charge in [0.1, 0.15) is 0 Å². The van der Waals surface area contributed by atoms with E-state index in [-0.39, 0.29) is 0 Å². The number of rotatable bonds is 1. The first-order valence-electron chi connectivity index (χ1n) is 4.90. The summed E-state index contributed by atoms with van der Waals surface area (Å²) in [6.45, 7) is 2.00. The molecule has 0 aliphatic carbocycles. The van der Waals surface area contributed by atoms with E-state index in [0.717, 1.165) is 16.7 Å². The molecular formula is C13H11Cl2N. The highest BCUT2D eigenvalue weighted by Crippen LogP contribution is 2.36. The summed E-state index contributed by atoms with van der Waals surface area (Å²) >= 11 is 12.1. The van der Waals surface area contributed by atoms with E-state index >= 15 is 0 Å². The lowest BCUT2D eigenvalue weighted by Crippen LogP contribution is -1.91. The number of nitrogens with two attached hydrogens (primary N) is 1. The normalized spacial score (nSPS) is 10.4. The first-order valence-corrected chi connectivity index (χ1v) is 5.65. The molecule has 0 radical (unpaired) electrons. The predicted octanol–water partition coefficient (Wildman–Crippen LogP) is 4.55. The van der Waals surface area contributed by atoms with Gasteiger partial charge in [-0.25, -0.2) is 0 Å². The number of hydrogen-bond donors (Lipinski definition) is 1. The lowest BCUT2D eigenvalue weighted by molar-refractivity contribution is 1.47. The Morgan fingerprint density at radius 2 is 1.75 bits per heavy atom. The summed E-state index contributed by atoms with van der Waals surface area (Å²) in [5.74, 6) is 0. The van der Waals surface area contributed by atoms with Crippen molar-refractivity contribution in [1.29, 1.82) is 0 Å². The van der Waals surface area contributed by atoms with Gasteiger partial charge in [0.15, 0.2) is 0 Å². The Labute approximate surface area is 105 Å². The number of nitrogen functional groups attached to an aromatic ring is 1. The van der Waals surface area contributed by atoms with Crippen molar-refractivity contribution in [3.05, 3.63) is 52.0 Å². The molecule has 2 N–H and O–H groups in total. The third-order valence-electron chi connectivity index (χ3n) is 2.45. The third kappa shape index (κ3) is 2.01. The summed E-state index contributed by atoms with van der Waals surface area (Å²) < 4.78 is 0.